The van der Waals surface area contributed by atoms with E-state index in [1.807, 2.05) is 0 Å². The van der Waals surface area contributed by atoms with Gasteiger partial charge in [-0.25, -0.2) is 8.42 Å². The van der Waals surface area contributed by atoms with Crippen LogP contribution < -0.4 is 0 Å². The van der Waals surface area contributed by atoms with Crippen LogP contribution in [-0.2, 0) is 8.87 Å². The second-order valence-electron chi connectivity index (χ2n) is 4.14. The SMILES string of the molecule is CCN(CC)CCSS(=O)(=O)CCN(CC)CC.Cl.Cl. The summed E-state index contributed by atoms with van der Waals surface area (Å²) in [6, 6.07) is 0. The number of rotatable bonds is 11. The molecule has 0 heterocycles. The monoisotopic (exact) mass is 368 g/mol. The van der Waals surface area contributed by atoms with E-state index in [0.717, 1.165) is 43.5 Å². The zero-order chi connectivity index (χ0) is 14.0. The molecule has 0 atom stereocenters. The standard InChI is InChI=1S/C12H28N2O2S2.2ClH/c1-5-13(6-2)9-11-17-18(15,16)12-10-14(7-3)8-4;;/h5-12H2,1-4H3;2*1H. The maximum Gasteiger partial charge on any atom is 0.202 e. The molecule has 0 aromatic rings. The Labute approximate surface area is 141 Å². The molecule has 0 aliphatic heterocycles. The van der Waals surface area contributed by atoms with Crippen LogP contribution in [0, 0.1) is 0 Å². The van der Waals surface area contributed by atoms with Gasteiger partial charge in [0.15, 0.2) is 0 Å². The van der Waals surface area contributed by atoms with Crippen LogP contribution in [-0.4, -0.2) is 69.0 Å². The summed E-state index contributed by atoms with van der Waals surface area (Å²) in [6.45, 7) is 13.6. The van der Waals surface area contributed by atoms with Crippen molar-refractivity contribution in [2.45, 2.75) is 27.7 Å². The lowest BCUT2D eigenvalue weighted by Crippen LogP contribution is -2.29. The van der Waals surface area contributed by atoms with Crippen LogP contribution in [0.5, 0.6) is 0 Å². The molecular formula is C12H30Cl2N2O2S2. The van der Waals surface area contributed by atoms with E-state index in [0.29, 0.717) is 12.3 Å². The van der Waals surface area contributed by atoms with Crippen LogP contribution in [0.2, 0.25) is 0 Å². The fraction of sp³-hybridized carbons (Fsp3) is 1.00. The normalized spacial score (nSPS) is 11.3. The molecule has 0 fully saturated rings. The molecule has 0 aromatic heterocycles. The van der Waals surface area contributed by atoms with E-state index in [-0.39, 0.29) is 30.6 Å². The van der Waals surface area contributed by atoms with Gasteiger partial charge in [0.05, 0.1) is 5.75 Å². The van der Waals surface area contributed by atoms with Gasteiger partial charge in [0.1, 0.15) is 0 Å². The maximum absolute atomic E-state index is 11.8. The topological polar surface area (TPSA) is 40.6 Å². The molecule has 4 nitrogen and oxygen atoms in total. The van der Waals surface area contributed by atoms with Crippen molar-refractivity contribution in [3.8, 4) is 0 Å². The van der Waals surface area contributed by atoms with Gasteiger partial charge in [-0.3, -0.25) is 0 Å². The second kappa shape index (κ2) is 14.7. The molecule has 0 saturated carbocycles. The van der Waals surface area contributed by atoms with E-state index < -0.39 is 8.87 Å². The Morgan fingerprint density at radius 3 is 1.60 bits per heavy atom. The van der Waals surface area contributed by atoms with E-state index >= 15 is 0 Å². The van der Waals surface area contributed by atoms with Crippen molar-refractivity contribution in [1.29, 1.82) is 0 Å². The van der Waals surface area contributed by atoms with Crippen LogP contribution >= 0.6 is 35.6 Å². The smallest absolute Gasteiger partial charge is 0.202 e. The lowest BCUT2D eigenvalue weighted by atomic mass is 10.5. The molecule has 20 heavy (non-hydrogen) atoms. The molecular weight excluding hydrogens is 339 g/mol. The molecule has 0 aliphatic carbocycles. The first-order valence-electron chi connectivity index (χ1n) is 6.80. The van der Waals surface area contributed by atoms with Crippen molar-refractivity contribution >= 4 is 44.5 Å². The van der Waals surface area contributed by atoms with Crippen molar-refractivity contribution < 1.29 is 8.42 Å². The second-order valence-corrected chi connectivity index (χ2v) is 8.54. The third-order valence-electron chi connectivity index (χ3n) is 3.12. The molecule has 0 aliphatic rings. The summed E-state index contributed by atoms with van der Waals surface area (Å²) in [6.07, 6.45) is 0. The highest BCUT2D eigenvalue weighted by Gasteiger charge is 2.13. The molecule has 8 heteroatoms. The summed E-state index contributed by atoms with van der Waals surface area (Å²) in [5, 5.41) is 0. The molecule has 126 valence electrons. The van der Waals surface area contributed by atoms with Crippen molar-refractivity contribution in [3.63, 3.8) is 0 Å². The average molecular weight is 369 g/mol. The van der Waals surface area contributed by atoms with Crippen molar-refractivity contribution in [2.75, 3.05) is 50.8 Å². The predicted octanol–water partition coefficient (Wildman–Crippen LogP) is 2.58. The minimum Gasteiger partial charge on any atom is -0.303 e. The zero-order valence-corrected chi connectivity index (χ0v) is 16.3. The number of hydrogen-bond acceptors (Lipinski definition) is 5. The maximum atomic E-state index is 11.8. The Morgan fingerprint density at radius 2 is 1.20 bits per heavy atom. The van der Waals surface area contributed by atoms with E-state index in [2.05, 4.69) is 37.5 Å². The van der Waals surface area contributed by atoms with Crippen LogP contribution in [0.1, 0.15) is 27.7 Å². The third kappa shape index (κ3) is 12.5. The quantitative estimate of drug-likeness (QED) is 0.524. The predicted molar refractivity (Wildman–Crippen MR) is 96.3 cm³/mol. The highest BCUT2D eigenvalue weighted by molar-refractivity contribution is 8.72. The first-order chi connectivity index (χ1) is 8.49. The van der Waals surface area contributed by atoms with Gasteiger partial charge >= 0.3 is 0 Å². The van der Waals surface area contributed by atoms with Crippen LogP contribution in [0.3, 0.4) is 0 Å². The van der Waals surface area contributed by atoms with Crippen LogP contribution in [0.15, 0.2) is 0 Å². The Morgan fingerprint density at radius 1 is 0.800 bits per heavy atom. The zero-order valence-electron chi connectivity index (χ0n) is 13.0. The van der Waals surface area contributed by atoms with Crippen molar-refractivity contribution in [3.05, 3.63) is 0 Å². The van der Waals surface area contributed by atoms with E-state index in [9.17, 15) is 8.42 Å². The molecule has 0 bridgehead atoms. The lowest BCUT2D eigenvalue weighted by molar-refractivity contribution is 0.322. The van der Waals surface area contributed by atoms with E-state index in [1.54, 1.807) is 0 Å². The third-order valence-corrected chi connectivity index (χ3v) is 6.59. The van der Waals surface area contributed by atoms with Gasteiger partial charge in [-0.2, -0.15) is 0 Å². The summed E-state index contributed by atoms with van der Waals surface area (Å²) in [5.74, 6) is 0.930. The van der Waals surface area contributed by atoms with Gasteiger partial charge in [-0.1, -0.05) is 27.7 Å². The Bertz CT molecular complexity index is 296. The molecule has 0 N–H and O–H groups in total. The van der Waals surface area contributed by atoms with E-state index in [1.165, 1.54) is 0 Å². The fourth-order valence-corrected chi connectivity index (χ4v) is 4.42. The summed E-state index contributed by atoms with van der Waals surface area (Å²) in [7, 11) is -1.86. The minimum absolute atomic E-state index is 0. The van der Waals surface area contributed by atoms with E-state index in [4.69, 9.17) is 0 Å². The summed E-state index contributed by atoms with van der Waals surface area (Å²) < 4.78 is 23.7. The largest absolute Gasteiger partial charge is 0.303 e. The molecule has 0 rings (SSSR count). The van der Waals surface area contributed by atoms with Gasteiger partial charge in [-0.15, -0.1) is 24.8 Å². The summed E-state index contributed by atoms with van der Waals surface area (Å²) in [5.41, 5.74) is 0. The molecule has 0 unspecified atom stereocenters. The van der Waals surface area contributed by atoms with Gasteiger partial charge in [0.25, 0.3) is 0 Å². The summed E-state index contributed by atoms with van der Waals surface area (Å²) >= 11 is 0. The number of nitrogens with zero attached hydrogens (tertiary/aromatic N) is 2. The highest BCUT2D eigenvalue weighted by Crippen LogP contribution is 2.13. The molecule has 0 aromatic carbocycles. The first-order valence-corrected chi connectivity index (χ1v) is 9.96. The van der Waals surface area contributed by atoms with Crippen LogP contribution in [0.4, 0.5) is 0 Å². The number of hydrogen-bond donors (Lipinski definition) is 0. The molecule has 0 spiro atoms. The highest BCUT2D eigenvalue weighted by atomic mass is 35.5. The Hall–Kier alpha value is 0.800. The fourth-order valence-electron chi connectivity index (χ4n) is 1.67. The van der Waals surface area contributed by atoms with Gasteiger partial charge in [0.2, 0.25) is 8.87 Å². The van der Waals surface area contributed by atoms with Gasteiger partial charge in [-0.05, 0) is 37.0 Å². The lowest BCUT2D eigenvalue weighted by Gasteiger charge is -2.19. The van der Waals surface area contributed by atoms with Crippen LogP contribution in [0.25, 0.3) is 0 Å². The summed E-state index contributed by atoms with van der Waals surface area (Å²) in [4.78, 5) is 4.38. The van der Waals surface area contributed by atoms with Gasteiger partial charge < -0.3 is 9.80 Å². The van der Waals surface area contributed by atoms with Crippen molar-refractivity contribution in [2.24, 2.45) is 0 Å². The Balaban J connectivity index is -0.00000144. The number of halogens is 2. The molecule has 0 radical (unpaired) electrons. The van der Waals surface area contributed by atoms with Crippen molar-refractivity contribution in [1.82, 2.24) is 9.80 Å². The first kappa shape index (κ1) is 25.7. The minimum atomic E-state index is -2.96. The van der Waals surface area contributed by atoms with Gasteiger partial charge in [0, 0.05) is 18.8 Å². The Kier molecular flexibility index (Phi) is 18.9. The average Bonchev–Trinajstić information content (AvgIpc) is 2.36. The molecule has 0 saturated heterocycles. The molecule has 0 amide bonds.